The van der Waals surface area contributed by atoms with Crippen LogP contribution < -0.4 is 9.47 Å². The summed E-state index contributed by atoms with van der Waals surface area (Å²) in [6.45, 7) is 3.13. The van der Waals surface area contributed by atoms with Gasteiger partial charge in [0.2, 0.25) is 0 Å². The molecule has 0 N–H and O–H groups in total. The maximum Gasteiger partial charge on any atom is 0.387 e. The standard InChI is InChI=1S/C22H26F2N2O4/c1-22(2,3)26(14-16-8-6-5-7-9-16)20(27)15-29-25-13-17-10-11-18(30-21(23)24)19(12-17)28-4/h5-13,21H,14-15H2,1-4H3/b25-13+. The highest BCUT2D eigenvalue weighted by Crippen LogP contribution is 2.29. The number of hydrogen-bond acceptors (Lipinski definition) is 5. The molecule has 6 nitrogen and oxygen atoms in total. The Balaban J connectivity index is 1.98. The molecule has 0 saturated heterocycles. The maximum absolute atomic E-state index is 12.7. The van der Waals surface area contributed by atoms with Crippen molar-refractivity contribution >= 4 is 12.1 Å². The van der Waals surface area contributed by atoms with Crippen molar-refractivity contribution in [3.8, 4) is 11.5 Å². The summed E-state index contributed by atoms with van der Waals surface area (Å²) in [6.07, 6.45) is 1.36. The van der Waals surface area contributed by atoms with Crippen molar-refractivity contribution in [2.75, 3.05) is 13.7 Å². The van der Waals surface area contributed by atoms with E-state index in [0.717, 1.165) is 5.56 Å². The van der Waals surface area contributed by atoms with Gasteiger partial charge in [0.1, 0.15) is 0 Å². The fourth-order valence-electron chi connectivity index (χ4n) is 2.69. The molecule has 0 bridgehead atoms. The molecule has 162 valence electrons. The molecule has 8 heteroatoms. The van der Waals surface area contributed by atoms with Gasteiger partial charge >= 0.3 is 6.61 Å². The molecule has 30 heavy (non-hydrogen) atoms. The molecule has 0 atom stereocenters. The first-order valence-corrected chi connectivity index (χ1v) is 9.33. The fourth-order valence-corrected chi connectivity index (χ4v) is 2.69. The summed E-state index contributed by atoms with van der Waals surface area (Å²) in [5, 5.41) is 3.80. The molecule has 0 aliphatic carbocycles. The molecule has 1 amide bonds. The highest BCUT2D eigenvalue weighted by atomic mass is 19.3. The molecule has 0 aliphatic heterocycles. The quantitative estimate of drug-likeness (QED) is 0.444. The van der Waals surface area contributed by atoms with Gasteiger partial charge in [-0.25, -0.2) is 0 Å². The number of alkyl halides is 2. The summed E-state index contributed by atoms with van der Waals surface area (Å²) in [5.74, 6) is -0.152. The van der Waals surface area contributed by atoms with Crippen molar-refractivity contribution in [2.45, 2.75) is 39.5 Å². The second-order valence-electron chi connectivity index (χ2n) is 7.43. The number of carbonyl (C=O) groups excluding carboxylic acids is 1. The van der Waals surface area contributed by atoms with Crippen LogP contribution in [-0.2, 0) is 16.2 Å². The Hall–Kier alpha value is -3.16. The van der Waals surface area contributed by atoms with Gasteiger partial charge < -0.3 is 19.2 Å². The highest BCUT2D eigenvalue weighted by molar-refractivity contribution is 5.81. The number of rotatable bonds is 9. The summed E-state index contributed by atoms with van der Waals surface area (Å²) >= 11 is 0. The van der Waals surface area contributed by atoms with E-state index >= 15 is 0 Å². The molecule has 2 rings (SSSR count). The first kappa shape index (κ1) is 23.1. The highest BCUT2D eigenvalue weighted by Gasteiger charge is 2.26. The van der Waals surface area contributed by atoms with Crippen LogP contribution in [0.3, 0.4) is 0 Å². The molecule has 0 spiro atoms. The summed E-state index contributed by atoms with van der Waals surface area (Å²) < 4.78 is 34.2. The van der Waals surface area contributed by atoms with E-state index in [9.17, 15) is 13.6 Å². The van der Waals surface area contributed by atoms with Crippen LogP contribution in [0.4, 0.5) is 8.78 Å². The molecule has 0 heterocycles. The SMILES string of the molecule is COc1cc(/C=N/OCC(=O)N(Cc2ccccc2)C(C)(C)C)ccc1OC(F)F. The van der Waals surface area contributed by atoms with Gasteiger partial charge in [-0.3, -0.25) is 4.79 Å². The average molecular weight is 420 g/mol. The van der Waals surface area contributed by atoms with Crippen molar-refractivity contribution in [2.24, 2.45) is 5.16 Å². The van der Waals surface area contributed by atoms with Crippen molar-refractivity contribution in [1.82, 2.24) is 4.90 Å². The molecule has 0 radical (unpaired) electrons. The Morgan fingerprint density at radius 2 is 1.83 bits per heavy atom. The van der Waals surface area contributed by atoms with Crippen molar-refractivity contribution < 1.29 is 27.9 Å². The van der Waals surface area contributed by atoms with E-state index in [-0.39, 0.29) is 24.0 Å². The molecule has 0 saturated carbocycles. The lowest BCUT2D eigenvalue weighted by atomic mass is 10.0. The van der Waals surface area contributed by atoms with Crippen LogP contribution in [0.15, 0.2) is 53.7 Å². The van der Waals surface area contributed by atoms with Crippen LogP contribution in [0, 0.1) is 0 Å². The third-order valence-electron chi connectivity index (χ3n) is 4.16. The lowest BCUT2D eigenvalue weighted by Gasteiger charge is -2.35. The second-order valence-corrected chi connectivity index (χ2v) is 7.43. The summed E-state index contributed by atoms with van der Waals surface area (Å²) in [5.41, 5.74) is 1.16. The molecule has 0 unspecified atom stereocenters. The first-order chi connectivity index (χ1) is 14.2. The lowest BCUT2D eigenvalue weighted by Crippen LogP contribution is -2.46. The van der Waals surface area contributed by atoms with E-state index in [2.05, 4.69) is 9.89 Å². The average Bonchev–Trinajstić information content (AvgIpc) is 2.69. The number of methoxy groups -OCH3 is 1. The Morgan fingerprint density at radius 3 is 2.43 bits per heavy atom. The Bertz CT molecular complexity index is 852. The minimum atomic E-state index is -2.95. The minimum absolute atomic E-state index is 0.0810. The lowest BCUT2D eigenvalue weighted by molar-refractivity contribution is -0.141. The second kappa shape index (κ2) is 10.6. The van der Waals surface area contributed by atoms with Gasteiger partial charge in [-0.05, 0) is 44.5 Å². The third kappa shape index (κ3) is 7.02. The van der Waals surface area contributed by atoms with Gasteiger partial charge in [0.25, 0.3) is 5.91 Å². The predicted molar refractivity (Wildman–Crippen MR) is 110 cm³/mol. The number of nitrogens with zero attached hydrogens (tertiary/aromatic N) is 2. The zero-order valence-corrected chi connectivity index (χ0v) is 17.5. The van der Waals surface area contributed by atoms with Crippen LogP contribution in [0.1, 0.15) is 31.9 Å². The van der Waals surface area contributed by atoms with E-state index in [1.165, 1.54) is 31.5 Å². The minimum Gasteiger partial charge on any atom is -0.493 e. The number of ether oxygens (including phenoxy) is 2. The zero-order chi connectivity index (χ0) is 22.1. The zero-order valence-electron chi connectivity index (χ0n) is 17.5. The maximum atomic E-state index is 12.7. The largest absolute Gasteiger partial charge is 0.493 e. The molecule has 0 aliphatic rings. The van der Waals surface area contributed by atoms with Gasteiger partial charge in [0.15, 0.2) is 18.1 Å². The molecule has 2 aromatic rings. The molecule has 0 aromatic heterocycles. The number of hydrogen-bond donors (Lipinski definition) is 0. The van der Waals surface area contributed by atoms with E-state index in [0.29, 0.717) is 12.1 Å². The van der Waals surface area contributed by atoms with Crippen LogP contribution in [0.2, 0.25) is 0 Å². The van der Waals surface area contributed by atoms with Crippen LogP contribution >= 0.6 is 0 Å². The van der Waals surface area contributed by atoms with Gasteiger partial charge in [0, 0.05) is 17.6 Å². The molecule has 0 fully saturated rings. The van der Waals surface area contributed by atoms with Crippen LogP contribution in [0.5, 0.6) is 11.5 Å². The number of halogens is 2. The van der Waals surface area contributed by atoms with Gasteiger partial charge in [-0.15, -0.1) is 0 Å². The topological polar surface area (TPSA) is 60.4 Å². The molecular weight excluding hydrogens is 394 g/mol. The Labute approximate surface area is 175 Å². The van der Waals surface area contributed by atoms with Crippen molar-refractivity contribution in [3.05, 3.63) is 59.7 Å². The van der Waals surface area contributed by atoms with Gasteiger partial charge in [-0.2, -0.15) is 8.78 Å². The van der Waals surface area contributed by atoms with Gasteiger partial charge in [0.05, 0.1) is 13.3 Å². The van der Waals surface area contributed by atoms with Crippen LogP contribution in [-0.4, -0.2) is 42.9 Å². The monoisotopic (exact) mass is 420 g/mol. The summed E-state index contributed by atoms with van der Waals surface area (Å²) in [7, 11) is 1.34. The van der Waals surface area contributed by atoms with E-state index in [1.807, 2.05) is 51.1 Å². The number of oxime groups is 1. The summed E-state index contributed by atoms with van der Waals surface area (Å²) in [6, 6.07) is 14.0. The van der Waals surface area contributed by atoms with Gasteiger partial charge in [-0.1, -0.05) is 35.5 Å². The van der Waals surface area contributed by atoms with Crippen molar-refractivity contribution in [1.29, 1.82) is 0 Å². The first-order valence-electron chi connectivity index (χ1n) is 9.33. The number of amides is 1. The summed E-state index contributed by atoms with van der Waals surface area (Å²) in [4.78, 5) is 19.6. The van der Waals surface area contributed by atoms with E-state index in [1.54, 1.807) is 4.90 Å². The van der Waals surface area contributed by atoms with E-state index < -0.39 is 12.2 Å². The van der Waals surface area contributed by atoms with Crippen LogP contribution in [0.25, 0.3) is 0 Å². The van der Waals surface area contributed by atoms with Crippen molar-refractivity contribution in [3.63, 3.8) is 0 Å². The number of benzene rings is 2. The normalized spacial score (nSPS) is 11.6. The molecule has 2 aromatic carbocycles. The fraction of sp³-hybridized carbons (Fsp3) is 0.364. The predicted octanol–water partition coefficient (Wildman–Crippen LogP) is 4.47. The Kier molecular flexibility index (Phi) is 8.15. The number of carbonyl (C=O) groups is 1. The Morgan fingerprint density at radius 1 is 1.13 bits per heavy atom. The smallest absolute Gasteiger partial charge is 0.387 e. The van der Waals surface area contributed by atoms with E-state index in [4.69, 9.17) is 9.57 Å². The third-order valence-corrected chi connectivity index (χ3v) is 4.16. The molecular formula is C22H26F2N2O4.